The highest BCUT2D eigenvalue weighted by Crippen LogP contribution is 2.06. The van der Waals surface area contributed by atoms with Gasteiger partial charge in [0.1, 0.15) is 0 Å². The number of azide groups is 1. The smallest absolute Gasteiger partial charge is 0.0257 e. The van der Waals surface area contributed by atoms with Crippen LogP contribution < -0.4 is 0 Å². The molecule has 0 fully saturated rings. The van der Waals surface area contributed by atoms with Crippen molar-refractivity contribution in [2.24, 2.45) is 5.11 Å². The molecule has 0 unspecified atom stereocenters. The van der Waals surface area contributed by atoms with Gasteiger partial charge in [-0.2, -0.15) is 0 Å². The normalized spacial score (nSPS) is 8.85. The van der Waals surface area contributed by atoms with Crippen molar-refractivity contribution in [3.05, 3.63) is 10.4 Å². The number of hydrogen-bond donors (Lipinski definition) is 0. The molecule has 0 rings (SSSR count). The molecule has 3 heteroatoms. The molecule has 13 heavy (non-hydrogen) atoms. The summed E-state index contributed by atoms with van der Waals surface area (Å²) in [6.07, 6.45) is 13.1. The highest BCUT2D eigenvalue weighted by atomic mass is 15.1. The SMILES string of the molecule is C#CCCCCCCCCN=[N+]=[N-]. The summed E-state index contributed by atoms with van der Waals surface area (Å²) in [6.45, 7) is 0.640. The molecule has 0 atom stereocenters. The van der Waals surface area contributed by atoms with Gasteiger partial charge in [0.2, 0.25) is 0 Å². The summed E-state index contributed by atoms with van der Waals surface area (Å²) in [5.41, 5.74) is 8.01. The van der Waals surface area contributed by atoms with E-state index in [0.717, 1.165) is 25.7 Å². The van der Waals surface area contributed by atoms with Gasteiger partial charge in [0.25, 0.3) is 0 Å². The minimum atomic E-state index is 0.640. The minimum absolute atomic E-state index is 0.640. The molecule has 0 amide bonds. The Bertz CT molecular complexity index is 187. The van der Waals surface area contributed by atoms with E-state index in [2.05, 4.69) is 15.9 Å². The maximum atomic E-state index is 8.01. The van der Waals surface area contributed by atoms with Crippen LogP contribution in [-0.4, -0.2) is 6.54 Å². The van der Waals surface area contributed by atoms with Crippen molar-refractivity contribution in [1.82, 2.24) is 0 Å². The summed E-state index contributed by atoms with van der Waals surface area (Å²) in [5.74, 6) is 2.63. The van der Waals surface area contributed by atoms with Gasteiger partial charge in [-0.05, 0) is 18.4 Å². The lowest BCUT2D eigenvalue weighted by Gasteiger charge is -1.97. The van der Waals surface area contributed by atoms with Crippen LogP contribution in [0, 0.1) is 12.3 Å². The molecule has 0 saturated heterocycles. The summed E-state index contributed by atoms with van der Waals surface area (Å²) in [4.78, 5) is 2.70. The standard InChI is InChI=1S/C10H17N3/c1-2-3-4-5-6-7-8-9-10-12-13-11/h1H,3-10H2. The molecule has 0 bridgehead atoms. The fourth-order valence-corrected chi connectivity index (χ4v) is 1.16. The van der Waals surface area contributed by atoms with Gasteiger partial charge in [0.05, 0.1) is 0 Å². The van der Waals surface area contributed by atoms with Gasteiger partial charge in [-0.1, -0.05) is 30.8 Å². The topological polar surface area (TPSA) is 48.8 Å². The number of unbranched alkanes of at least 4 members (excludes halogenated alkanes) is 6. The van der Waals surface area contributed by atoms with E-state index < -0.39 is 0 Å². The van der Waals surface area contributed by atoms with E-state index in [1.165, 1.54) is 19.3 Å². The van der Waals surface area contributed by atoms with Crippen LogP contribution in [0.15, 0.2) is 5.11 Å². The Morgan fingerprint density at radius 2 is 1.69 bits per heavy atom. The van der Waals surface area contributed by atoms with Gasteiger partial charge in [0, 0.05) is 17.9 Å². The second kappa shape index (κ2) is 10.9. The molecule has 0 spiro atoms. The maximum Gasteiger partial charge on any atom is 0.0257 e. The lowest BCUT2D eigenvalue weighted by atomic mass is 10.1. The van der Waals surface area contributed by atoms with Crippen LogP contribution in [0.3, 0.4) is 0 Å². The first-order valence-electron chi connectivity index (χ1n) is 4.86. The molecule has 0 heterocycles. The summed E-state index contributed by atoms with van der Waals surface area (Å²) in [6, 6.07) is 0. The second-order valence-electron chi connectivity index (χ2n) is 3.03. The number of hydrogen-bond acceptors (Lipinski definition) is 1. The van der Waals surface area contributed by atoms with Crippen molar-refractivity contribution >= 4 is 0 Å². The second-order valence-corrected chi connectivity index (χ2v) is 3.03. The first kappa shape index (κ1) is 11.9. The van der Waals surface area contributed by atoms with Gasteiger partial charge in [-0.25, -0.2) is 0 Å². The molecule has 0 aliphatic rings. The predicted molar refractivity (Wildman–Crippen MR) is 55.2 cm³/mol. The molecule has 0 aromatic rings. The Morgan fingerprint density at radius 1 is 1.08 bits per heavy atom. The number of nitrogens with zero attached hydrogens (tertiary/aromatic N) is 3. The minimum Gasteiger partial charge on any atom is -0.120 e. The van der Waals surface area contributed by atoms with E-state index >= 15 is 0 Å². The maximum absolute atomic E-state index is 8.01. The Labute approximate surface area is 80.2 Å². The summed E-state index contributed by atoms with van der Waals surface area (Å²) in [7, 11) is 0. The van der Waals surface area contributed by atoms with Crippen molar-refractivity contribution in [3.63, 3.8) is 0 Å². The highest BCUT2D eigenvalue weighted by Gasteiger charge is 1.89. The van der Waals surface area contributed by atoms with Gasteiger partial charge < -0.3 is 0 Å². The van der Waals surface area contributed by atoms with E-state index in [1.807, 2.05) is 0 Å². The van der Waals surface area contributed by atoms with Crippen molar-refractivity contribution in [3.8, 4) is 12.3 Å². The molecular weight excluding hydrogens is 162 g/mol. The predicted octanol–water partition coefficient (Wildman–Crippen LogP) is 3.66. The molecule has 72 valence electrons. The third-order valence-corrected chi connectivity index (χ3v) is 1.89. The van der Waals surface area contributed by atoms with Crippen LogP contribution in [0.2, 0.25) is 0 Å². The first-order chi connectivity index (χ1) is 6.41. The molecular formula is C10H17N3. The monoisotopic (exact) mass is 179 g/mol. The Kier molecular flexibility index (Phi) is 9.93. The average molecular weight is 179 g/mol. The van der Waals surface area contributed by atoms with Gasteiger partial charge in [-0.3, -0.25) is 0 Å². The van der Waals surface area contributed by atoms with Crippen LogP contribution >= 0.6 is 0 Å². The number of rotatable bonds is 8. The number of terminal acetylenes is 1. The average Bonchev–Trinajstić information content (AvgIpc) is 2.16. The van der Waals surface area contributed by atoms with E-state index in [4.69, 9.17) is 12.0 Å². The lowest BCUT2D eigenvalue weighted by molar-refractivity contribution is 0.602. The lowest BCUT2D eigenvalue weighted by Crippen LogP contribution is -1.82. The quantitative estimate of drug-likeness (QED) is 0.179. The molecule has 0 aliphatic heterocycles. The van der Waals surface area contributed by atoms with Crippen molar-refractivity contribution < 1.29 is 0 Å². The molecule has 0 N–H and O–H groups in total. The van der Waals surface area contributed by atoms with Gasteiger partial charge >= 0.3 is 0 Å². The van der Waals surface area contributed by atoms with Gasteiger partial charge in [0.15, 0.2) is 0 Å². The van der Waals surface area contributed by atoms with E-state index in [0.29, 0.717) is 6.54 Å². The Hall–Kier alpha value is -1.13. The molecule has 0 saturated carbocycles. The van der Waals surface area contributed by atoms with E-state index in [1.54, 1.807) is 0 Å². The molecule has 3 nitrogen and oxygen atoms in total. The zero-order chi connectivity index (χ0) is 9.78. The first-order valence-corrected chi connectivity index (χ1v) is 4.86. The molecule has 0 aromatic carbocycles. The van der Waals surface area contributed by atoms with Crippen molar-refractivity contribution in [2.75, 3.05) is 6.54 Å². The van der Waals surface area contributed by atoms with Crippen molar-refractivity contribution in [2.45, 2.75) is 44.9 Å². The van der Waals surface area contributed by atoms with Crippen LogP contribution in [0.25, 0.3) is 10.4 Å². The summed E-state index contributed by atoms with van der Waals surface area (Å²) < 4.78 is 0. The summed E-state index contributed by atoms with van der Waals surface area (Å²) >= 11 is 0. The Morgan fingerprint density at radius 3 is 2.31 bits per heavy atom. The van der Waals surface area contributed by atoms with Crippen LogP contribution in [0.1, 0.15) is 44.9 Å². The zero-order valence-electron chi connectivity index (χ0n) is 8.08. The van der Waals surface area contributed by atoms with E-state index in [9.17, 15) is 0 Å². The molecule has 0 radical (unpaired) electrons. The fourth-order valence-electron chi connectivity index (χ4n) is 1.16. The zero-order valence-corrected chi connectivity index (χ0v) is 8.08. The largest absolute Gasteiger partial charge is 0.120 e. The van der Waals surface area contributed by atoms with Crippen LogP contribution in [0.4, 0.5) is 0 Å². The summed E-state index contributed by atoms with van der Waals surface area (Å²) in [5, 5.41) is 3.47. The third kappa shape index (κ3) is 10.9. The highest BCUT2D eigenvalue weighted by molar-refractivity contribution is 4.82. The van der Waals surface area contributed by atoms with Crippen LogP contribution in [-0.2, 0) is 0 Å². The van der Waals surface area contributed by atoms with E-state index in [-0.39, 0.29) is 0 Å². The van der Waals surface area contributed by atoms with Crippen molar-refractivity contribution in [1.29, 1.82) is 0 Å². The fraction of sp³-hybridized carbons (Fsp3) is 0.800. The molecule has 0 aliphatic carbocycles. The van der Waals surface area contributed by atoms with Gasteiger partial charge in [-0.15, -0.1) is 12.3 Å². The molecule has 0 aromatic heterocycles. The third-order valence-electron chi connectivity index (χ3n) is 1.89. The van der Waals surface area contributed by atoms with Crippen LogP contribution in [0.5, 0.6) is 0 Å². The Balaban J connectivity index is 2.92.